The van der Waals surface area contributed by atoms with Gasteiger partial charge < -0.3 is 9.47 Å². The fourth-order valence-corrected chi connectivity index (χ4v) is 2.93. The highest BCUT2D eigenvalue weighted by Crippen LogP contribution is 2.36. The molecule has 0 N–H and O–H groups in total. The van der Waals surface area contributed by atoms with Crippen molar-refractivity contribution in [3.05, 3.63) is 102 Å². The van der Waals surface area contributed by atoms with Gasteiger partial charge >= 0.3 is 0 Å². The summed E-state index contributed by atoms with van der Waals surface area (Å²) < 4.78 is 11.1. The van der Waals surface area contributed by atoms with Crippen LogP contribution in [-0.4, -0.2) is 20.3 Å². The third kappa shape index (κ3) is 3.84. The van der Waals surface area contributed by atoms with Crippen molar-refractivity contribution in [1.82, 2.24) is 0 Å². The van der Waals surface area contributed by atoms with Crippen LogP contribution in [0.5, 0.6) is 5.75 Å². The van der Waals surface area contributed by atoms with Gasteiger partial charge in [0.25, 0.3) is 0 Å². The Hall–Kier alpha value is -2.58. The van der Waals surface area contributed by atoms with Crippen LogP contribution in [0.4, 0.5) is 0 Å². The smallest absolute Gasteiger partial charge is 0.123 e. The summed E-state index contributed by atoms with van der Waals surface area (Å²) in [4.78, 5) is 0. The maximum absolute atomic E-state index is 5.98. The third-order valence-electron chi connectivity index (χ3n) is 4.04. The van der Waals surface area contributed by atoms with Crippen molar-refractivity contribution in [1.29, 1.82) is 0 Å². The second-order valence-electron chi connectivity index (χ2n) is 5.63. The fraction of sp³-hybridized carbons (Fsp3) is 0.182. The first-order valence-electron chi connectivity index (χ1n) is 8.20. The molecule has 0 fully saturated rings. The van der Waals surface area contributed by atoms with Crippen LogP contribution in [0.2, 0.25) is 0 Å². The third-order valence-corrected chi connectivity index (χ3v) is 4.04. The van der Waals surface area contributed by atoms with E-state index in [1.807, 2.05) is 24.3 Å². The summed E-state index contributed by atoms with van der Waals surface area (Å²) in [6.45, 7) is 1.12. The maximum Gasteiger partial charge on any atom is 0.123 e. The van der Waals surface area contributed by atoms with Gasteiger partial charge in [0.2, 0.25) is 0 Å². The Morgan fingerprint density at radius 1 is 0.667 bits per heavy atom. The number of hydrogen-bond donors (Lipinski definition) is 0. The fourth-order valence-electron chi connectivity index (χ4n) is 2.93. The molecule has 0 aliphatic carbocycles. The summed E-state index contributed by atoms with van der Waals surface area (Å²) in [7, 11) is 1.69. The predicted molar refractivity (Wildman–Crippen MR) is 97.6 cm³/mol. The highest BCUT2D eigenvalue weighted by Gasteiger charge is 2.20. The molecule has 2 nitrogen and oxygen atoms in total. The first-order valence-corrected chi connectivity index (χ1v) is 8.20. The second-order valence-corrected chi connectivity index (χ2v) is 5.63. The Kier molecular flexibility index (Phi) is 5.65. The normalized spacial score (nSPS) is 10.8. The Balaban J connectivity index is 2.04. The van der Waals surface area contributed by atoms with Crippen LogP contribution in [0.15, 0.2) is 84.9 Å². The van der Waals surface area contributed by atoms with Crippen LogP contribution in [0.25, 0.3) is 0 Å². The summed E-state index contributed by atoms with van der Waals surface area (Å²) in [5.74, 6) is 1.05. The first-order chi connectivity index (χ1) is 11.9. The lowest BCUT2D eigenvalue weighted by Gasteiger charge is -2.22. The molecule has 0 aliphatic heterocycles. The van der Waals surface area contributed by atoms with Crippen molar-refractivity contribution in [3.8, 4) is 5.75 Å². The van der Waals surface area contributed by atoms with Gasteiger partial charge in [0.1, 0.15) is 12.4 Å². The van der Waals surface area contributed by atoms with Gasteiger partial charge in [-0.2, -0.15) is 0 Å². The molecule has 3 aromatic carbocycles. The van der Waals surface area contributed by atoms with E-state index >= 15 is 0 Å². The topological polar surface area (TPSA) is 18.5 Å². The van der Waals surface area contributed by atoms with E-state index in [0.29, 0.717) is 13.2 Å². The molecule has 2 heteroatoms. The molecule has 0 aliphatic rings. The standard InChI is InChI=1S/C22H22O2/c1-23-16-17-24-21-15-9-8-14-20(21)22(18-10-4-2-5-11-18)19-12-6-3-7-13-19/h2-15,22H,16-17H2,1H3. The Morgan fingerprint density at radius 2 is 1.21 bits per heavy atom. The van der Waals surface area contributed by atoms with Crippen molar-refractivity contribution in [2.24, 2.45) is 0 Å². The van der Waals surface area contributed by atoms with Gasteiger partial charge in [-0.15, -0.1) is 0 Å². The van der Waals surface area contributed by atoms with E-state index in [0.717, 1.165) is 5.75 Å². The molecule has 0 amide bonds. The van der Waals surface area contributed by atoms with Crippen LogP contribution in [0.3, 0.4) is 0 Å². The zero-order chi connectivity index (χ0) is 16.6. The van der Waals surface area contributed by atoms with E-state index in [4.69, 9.17) is 9.47 Å². The van der Waals surface area contributed by atoms with Crippen LogP contribution in [-0.2, 0) is 4.74 Å². The lowest BCUT2D eigenvalue weighted by atomic mass is 9.85. The minimum Gasteiger partial charge on any atom is -0.491 e. The quantitative estimate of drug-likeness (QED) is 0.456. The molecular formula is C22H22O2. The minimum atomic E-state index is 0.145. The first kappa shape index (κ1) is 16.3. The molecule has 0 aromatic heterocycles. The Bertz CT molecular complexity index is 699. The van der Waals surface area contributed by atoms with Crippen LogP contribution < -0.4 is 4.74 Å². The lowest BCUT2D eigenvalue weighted by Crippen LogP contribution is -2.09. The highest BCUT2D eigenvalue weighted by molar-refractivity contribution is 5.48. The van der Waals surface area contributed by atoms with Crippen LogP contribution >= 0.6 is 0 Å². The van der Waals surface area contributed by atoms with E-state index in [1.165, 1.54) is 16.7 Å². The second kappa shape index (κ2) is 8.32. The molecule has 0 atom stereocenters. The molecular weight excluding hydrogens is 296 g/mol. The van der Waals surface area contributed by atoms with Crippen molar-refractivity contribution in [3.63, 3.8) is 0 Å². The molecule has 0 saturated carbocycles. The number of methoxy groups -OCH3 is 1. The van der Waals surface area contributed by atoms with Crippen molar-refractivity contribution < 1.29 is 9.47 Å². The summed E-state index contributed by atoms with van der Waals surface area (Å²) in [6.07, 6.45) is 0. The van der Waals surface area contributed by atoms with Crippen LogP contribution in [0.1, 0.15) is 22.6 Å². The van der Waals surface area contributed by atoms with Gasteiger partial charge in [-0.1, -0.05) is 78.9 Å². The molecule has 0 spiro atoms. The molecule has 122 valence electrons. The van der Waals surface area contributed by atoms with Gasteiger partial charge in [-0.25, -0.2) is 0 Å². The van der Waals surface area contributed by atoms with Gasteiger partial charge in [-0.05, 0) is 17.2 Å². The summed E-state index contributed by atoms with van der Waals surface area (Å²) in [5.41, 5.74) is 3.68. The van der Waals surface area contributed by atoms with E-state index in [1.54, 1.807) is 7.11 Å². The van der Waals surface area contributed by atoms with E-state index < -0.39 is 0 Å². The SMILES string of the molecule is COCCOc1ccccc1C(c1ccccc1)c1ccccc1. The van der Waals surface area contributed by atoms with Gasteiger partial charge in [0.15, 0.2) is 0 Å². The van der Waals surface area contributed by atoms with Crippen molar-refractivity contribution >= 4 is 0 Å². The molecule has 0 unspecified atom stereocenters. The highest BCUT2D eigenvalue weighted by atomic mass is 16.5. The number of benzene rings is 3. The zero-order valence-electron chi connectivity index (χ0n) is 13.9. The Labute approximate surface area is 143 Å². The number of para-hydroxylation sites is 1. The monoisotopic (exact) mass is 318 g/mol. The average molecular weight is 318 g/mol. The minimum absolute atomic E-state index is 0.145. The van der Waals surface area contributed by atoms with E-state index in [9.17, 15) is 0 Å². The van der Waals surface area contributed by atoms with Crippen molar-refractivity contribution in [2.75, 3.05) is 20.3 Å². The summed E-state index contributed by atoms with van der Waals surface area (Å²) in [6, 6.07) is 29.4. The molecule has 3 rings (SSSR count). The number of ether oxygens (including phenoxy) is 2. The Morgan fingerprint density at radius 3 is 1.79 bits per heavy atom. The van der Waals surface area contributed by atoms with Gasteiger partial charge in [-0.3, -0.25) is 0 Å². The van der Waals surface area contributed by atoms with Crippen LogP contribution in [0, 0.1) is 0 Å². The predicted octanol–water partition coefficient (Wildman–Crippen LogP) is 4.89. The summed E-state index contributed by atoms with van der Waals surface area (Å²) in [5, 5.41) is 0. The zero-order valence-corrected chi connectivity index (χ0v) is 13.9. The molecule has 0 radical (unpaired) electrons. The maximum atomic E-state index is 5.98. The lowest BCUT2D eigenvalue weighted by molar-refractivity contribution is 0.145. The van der Waals surface area contributed by atoms with Crippen molar-refractivity contribution in [2.45, 2.75) is 5.92 Å². The average Bonchev–Trinajstić information content (AvgIpc) is 2.65. The summed E-state index contributed by atoms with van der Waals surface area (Å²) >= 11 is 0. The van der Waals surface area contributed by atoms with Gasteiger partial charge in [0, 0.05) is 18.6 Å². The molecule has 0 saturated heterocycles. The molecule has 0 bridgehead atoms. The number of hydrogen-bond acceptors (Lipinski definition) is 2. The molecule has 0 heterocycles. The molecule has 24 heavy (non-hydrogen) atoms. The van der Waals surface area contributed by atoms with E-state index in [2.05, 4.69) is 60.7 Å². The molecule has 3 aromatic rings. The van der Waals surface area contributed by atoms with Gasteiger partial charge in [0.05, 0.1) is 6.61 Å². The number of rotatable bonds is 7. The largest absolute Gasteiger partial charge is 0.491 e. The van der Waals surface area contributed by atoms with E-state index in [-0.39, 0.29) is 5.92 Å².